The number of amides is 1. The highest BCUT2D eigenvalue weighted by Gasteiger charge is 2.69. The minimum Gasteiger partial charge on any atom is -0.508 e. The fourth-order valence-corrected chi connectivity index (χ4v) is 8.77. The average Bonchev–Trinajstić information content (AvgIpc) is 3.45. The number of likely N-dealkylation sites (N-methyl/N-ethyl adjacent to an activating group) is 1. The number of carbonyl (C=O) groups is 4. The Morgan fingerprint density at radius 1 is 1.14 bits per heavy atom. The van der Waals surface area contributed by atoms with E-state index < -0.39 is 76.0 Å². The second-order valence-electron chi connectivity index (χ2n) is 11.7. The van der Waals surface area contributed by atoms with Gasteiger partial charge in [0.25, 0.3) is 5.91 Å². The van der Waals surface area contributed by atoms with Crippen LogP contribution in [0.25, 0.3) is 5.76 Å². The molecule has 0 radical (unpaired) electrons. The van der Waals surface area contributed by atoms with E-state index in [9.17, 15) is 39.6 Å². The number of carbonyl (C=O) groups excluding carboxylic acids is 4. The Hall–Kier alpha value is -3.35. The highest BCUT2D eigenvalue weighted by molar-refractivity contribution is 7.99. The number of hydrogen-bond donors (Lipinski definition) is 5. The summed E-state index contributed by atoms with van der Waals surface area (Å²) in [5, 5.41) is 46.2. The molecular weight excluding hydrogens is 564 g/mol. The van der Waals surface area contributed by atoms with E-state index in [0.717, 1.165) is 25.7 Å². The number of nitrogens with zero attached hydrogens (tertiary/aromatic N) is 1. The van der Waals surface area contributed by atoms with E-state index >= 15 is 0 Å². The lowest BCUT2D eigenvalue weighted by atomic mass is 9.54. The predicted octanol–water partition coefficient (Wildman–Crippen LogP) is 2.11. The van der Waals surface area contributed by atoms with Gasteiger partial charge in [0.1, 0.15) is 28.9 Å². The number of esters is 1. The molecule has 1 aromatic carbocycles. The third-order valence-electron chi connectivity index (χ3n) is 9.14. The van der Waals surface area contributed by atoms with Crippen LogP contribution in [0, 0.1) is 11.8 Å². The molecule has 2 saturated carbocycles. The molecule has 1 amide bonds. The predicted molar refractivity (Wildman–Crippen MR) is 154 cm³/mol. The van der Waals surface area contributed by atoms with Gasteiger partial charge in [-0.15, -0.1) is 0 Å². The minimum absolute atomic E-state index is 0.00591. The van der Waals surface area contributed by atoms with Crippen LogP contribution in [0.3, 0.4) is 0 Å². The zero-order chi connectivity index (χ0) is 30.7. The zero-order valence-electron chi connectivity index (χ0n) is 23.7. The molecule has 12 heteroatoms. The van der Waals surface area contributed by atoms with Gasteiger partial charge in [-0.2, -0.15) is 11.8 Å². The van der Waals surface area contributed by atoms with Crippen LogP contribution in [0.1, 0.15) is 56.1 Å². The Balaban J connectivity index is 1.80. The van der Waals surface area contributed by atoms with Crippen molar-refractivity contribution >= 4 is 41.0 Å². The maximum atomic E-state index is 14.4. The molecule has 4 aliphatic carbocycles. The van der Waals surface area contributed by atoms with Crippen LogP contribution in [0.2, 0.25) is 0 Å². The van der Waals surface area contributed by atoms with Crippen molar-refractivity contribution in [1.82, 2.24) is 4.90 Å². The SMILES string of the molecule is CCC(=O)OC1C2C(=C(O)c3c(O)cccc3C2CSC2CCCC2)C(=O)C2(O)C(O)=C(C(N)=O)C(=O)C(N(C)C)C12. The van der Waals surface area contributed by atoms with Gasteiger partial charge in [0.2, 0.25) is 5.78 Å². The molecule has 1 aromatic rings. The molecule has 42 heavy (non-hydrogen) atoms. The summed E-state index contributed by atoms with van der Waals surface area (Å²) in [5.41, 5.74) is 1.74. The third-order valence-corrected chi connectivity index (χ3v) is 10.6. The maximum Gasteiger partial charge on any atom is 0.305 e. The third kappa shape index (κ3) is 4.42. The molecule has 6 atom stereocenters. The first-order valence-electron chi connectivity index (χ1n) is 14.1. The van der Waals surface area contributed by atoms with Crippen molar-refractivity contribution in [2.75, 3.05) is 19.8 Å². The van der Waals surface area contributed by atoms with E-state index in [1.165, 1.54) is 25.1 Å². The summed E-state index contributed by atoms with van der Waals surface area (Å²) < 4.78 is 5.96. The highest BCUT2D eigenvalue weighted by Crippen LogP contribution is 2.58. The Bertz CT molecular complexity index is 1410. The number of thioether (sulfide) groups is 1. The zero-order valence-corrected chi connectivity index (χ0v) is 24.5. The van der Waals surface area contributed by atoms with E-state index in [4.69, 9.17) is 10.5 Å². The molecule has 0 saturated heterocycles. The summed E-state index contributed by atoms with van der Waals surface area (Å²) in [4.78, 5) is 54.7. The van der Waals surface area contributed by atoms with Crippen molar-refractivity contribution in [1.29, 1.82) is 0 Å². The molecular formula is C30H36N2O9S. The fraction of sp³-hybridized carbons (Fsp3) is 0.533. The molecule has 4 aliphatic rings. The topological polar surface area (TPSA) is 188 Å². The number of aliphatic hydroxyl groups is 3. The number of phenolic OH excluding ortho intramolecular Hbond substituents is 1. The van der Waals surface area contributed by atoms with Crippen LogP contribution in [-0.4, -0.2) is 91.6 Å². The van der Waals surface area contributed by atoms with Gasteiger partial charge in [0.15, 0.2) is 11.4 Å². The van der Waals surface area contributed by atoms with E-state index in [1.807, 2.05) is 0 Å². The van der Waals surface area contributed by atoms with Crippen molar-refractivity contribution in [2.45, 2.75) is 67.9 Å². The Morgan fingerprint density at radius 3 is 2.40 bits per heavy atom. The standard InChI is InChI=1S/C30H36N2O9S/c1-4-17(34)41-26-19-15(12-42-13-8-5-6-9-13)14-10-7-11-16(33)18(14)24(35)20(19)27(37)30(40)22(26)23(32(2)3)25(36)21(28(30)38)29(31)39/h7,10-11,13,15,19,22-23,26,33,35,38,40H,4-6,8-9,12H2,1-3H3,(H2,31,39). The molecule has 0 bridgehead atoms. The van der Waals surface area contributed by atoms with Gasteiger partial charge < -0.3 is 30.9 Å². The average molecular weight is 601 g/mol. The summed E-state index contributed by atoms with van der Waals surface area (Å²) in [6, 6.07) is 3.31. The lowest BCUT2D eigenvalue weighted by Gasteiger charge is -2.54. The van der Waals surface area contributed by atoms with E-state index in [2.05, 4.69) is 0 Å². The maximum absolute atomic E-state index is 14.4. The van der Waals surface area contributed by atoms with Gasteiger partial charge in [-0.1, -0.05) is 31.9 Å². The number of ether oxygens (including phenoxy) is 1. The Morgan fingerprint density at radius 2 is 1.81 bits per heavy atom. The summed E-state index contributed by atoms with van der Waals surface area (Å²) in [6.07, 6.45) is 2.77. The van der Waals surface area contributed by atoms with Gasteiger partial charge in [-0.25, -0.2) is 0 Å². The fourth-order valence-electron chi connectivity index (χ4n) is 7.24. The molecule has 2 fully saturated rings. The molecule has 0 aromatic heterocycles. The van der Waals surface area contributed by atoms with Gasteiger partial charge in [0.05, 0.1) is 17.5 Å². The van der Waals surface area contributed by atoms with Crippen LogP contribution in [0.15, 0.2) is 35.1 Å². The first kappa shape index (κ1) is 30.1. The summed E-state index contributed by atoms with van der Waals surface area (Å²) in [5.74, 6) is -9.03. The molecule has 11 nitrogen and oxygen atoms in total. The largest absolute Gasteiger partial charge is 0.508 e. The first-order valence-corrected chi connectivity index (χ1v) is 15.2. The van der Waals surface area contributed by atoms with E-state index in [0.29, 0.717) is 16.6 Å². The van der Waals surface area contributed by atoms with Crippen LogP contribution < -0.4 is 5.73 Å². The monoisotopic (exact) mass is 600 g/mol. The normalized spacial score (nSPS) is 31.2. The Kier molecular flexibility index (Phi) is 7.92. The molecule has 5 rings (SSSR count). The molecule has 0 spiro atoms. The van der Waals surface area contributed by atoms with Crippen molar-refractivity contribution in [3.05, 3.63) is 46.2 Å². The second kappa shape index (κ2) is 11.1. The van der Waals surface area contributed by atoms with Crippen LogP contribution in [0.4, 0.5) is 0 Å². The molecule has 226 valence electrons. The number of Topliss-reactive ketones (excluding diaryl/α,β-unsaturated/α-hetero) is 2. The number of primary amides is 1. The number of fused-ring (bicyclic) bond motifs is 3. The van der Waals surface area contributed by atoms with Crippen LogP contribution >= 0.6 is 11.8 Å². The quantitative estimate of drug-likeness (QED) is 0.228. The number of nitrogens with two attached hydrogens (primary N) is 1. The van der Waals surface area contributed by atoms with Gasteiger partial charge in [-0.3, -0.25) is 24.1 Å². The number of benzene rings is 1. The van der Waals surface area contributed by atoms with E-state index in [1.54, 1.807) is 30.8 Å². The van der Waals surface area contributed by atoms with Gasteiger partial charge >= 0.3 is 5.97 Å². The molecule has 6 unspecified atom stereocenters. The van der Waals surface area contributed by atoms with Crippen molar-refractivity contribution in [3.8, 4) is 5.75 Å². The number of hydrogen-bond acceptors (Lipinski definition) is 11. The lowest BCUT2D eigenvalue weighted by Crippen LogP contribution is -2.71. The van der Waals surface area contributed by atoms with Gasteiger partial charge in [0, 0.05) is 34.8 Å². The number of rotatable bonds is 7. The van der Waals surface area contributed by atoms with Crippen LogP contribution in [-0.2, 0) is 23.9 Å². The Labute approximate surface area is 247 Å². The smallest absolute Gasteiger partial charge is 0.305 e. The van der Waals surface area contributed by atoms with Crippen molar-refractivity contribution in [2.24, 2.45) is 17.6 Å². The van der Waals surface area contributed by atoms with Gasteiger partial charge in [-0.05, 0) is 38.6 Å². The molecule has 0 heterocycles. The first-order chi connectivity index (χ1) is 19.9. The number of phenols is 1. The number of ketones is 2. The van der Waals surface area contributed by atoms with E-state index in [-0.39, 0.29) is 23.3 Å². The van der Waals surface area contributed by atoms with Crippen molar-refractivity contribution in [3.63, 3.8) is 0 Å². The number of aliphatic hydroxyl groups excluding tert-OH is 2. The minimum atomic E-state index is -2.95. The summed E-state index contributed by atoms with van der Waals surface area (Å²) in [6.45, 7) is 1.57. The number of aromatic hydroxyl groups is 1. The van der Waals surface area contributed by atoms with Crippen molar-refractivity contribution < 1.29 is 44.3 Å². The van der Waals surface area contributed by atoms with Crippen LogP contribution in [0.5, 0.6) is 5.75 Å². The lowest BCUT2D eigenvalue weighted by molar-refractivity contribution is -0.185. The summed E-state index contributed by atoms with van der Waals surface area (Å²) in [7, 11) is 3.00. The summed E-state index contributed by atoms with van der Waals surface area (Å²) >= 11 is 1.69. The highest BCUT2D eigenvalue weighted by atomic mass is 32.2. The molecule has 0 aliphatic heterocycles. The molecule has 6 N–H and O–H groups in total. The second-order valence-corrected chi connectivity index (χ2v) is 13.0.